The molecule has 2 aliphatic rings. The topological polar surface area (TPSA) is 35.6 Å². The van der Waals surface area contributed by atoms with Gasteiger partial charge in [-0.2, -0.15) is 0 Å². The lowest BCUT2D eigenvalue weighted by Crippen LogP contribution is -2.45. The van der Waals surface area contributed by atoms with Crippen molar-refractivity contribution < 1.29 is 4.79 Å². The molecular weight excluding hydrogens is 262 g/mol. The molecule has 0 aromatic heterocycles. The van der Waals surface area contributed by atoms with Crippen molar-refractivity contribution in [3.05, 3.63) is 29.8 Å². The van der Waals surface area contributed by atoms with Crippen LogP contribution in [0, 0.1) is 5.92 Å². The Kier molecular flexibility index (Phi) is 4.56. The van der Waals surface area contributed by atoms with Crippen LogP contribution in [-0.2, 0) is 11.2 Å². The number of nitrogens with zero attached hydrogens (tertiary/aromatic N) is 2. The first-order valence-electron chi connectivity index (χ1n) is 8.05. The maximum atomic E-state index is 12.8. The first-order chi connectivity index (χ1) is 10.2. The highest BCUT2D eigenvalue weighted by Gasteiger charge is 2.27. The number of carbonyl (C=O) groups is 1. The summed E-state index contributed by atoms with van der Waals surface area (Å²) in [6, 6.07) is 8.34. The van der Waals surface area contributed by atoms with Crippen LogP contribution in [-0.4, -0.2) is 50.1 Å². The van der Waals surface area contributed by atoms with Gasteiger partial charge in [0.25, 0.3) is 0 Å². The Hall–Kier alpha value is -1.39. The van der Waals surface area contributed by atoms with E-state index in [2.05, 4.69) is 35.3 Å². The molecule has 1 aromatic rings. The van der Waals surface area contributed by atoms with E-state index in [1.165, 1.54) is 5.56 Å². The maximum Gasteiger partial charge on any atom is 0.241 e. The smallest absolute Gasteiger partial charge is 0.241 e. The summed E-state index contributed by atoms with van der Waals surface area (Å²) in [7, 11) is 0. The Bertz CT molecular complexity index is 495. The highest BCUT2D eigenvalue weighted by Crippen LogP contribution is 2.29. The molecule has 4 nitrogen and oxygen atoms in total. The Labute approximate surface area is 127 Å². The van der Waals surface area contributed by atoms with Crippen LogP contribution in [0.25, 0.3) is 0 Å². The molecule has 0 spiro atoms. The standard InChI is InChI=1S/C17H25N3O/c1-14-11-15-5-2-3-6-16(15)20(12-14)17(21)13-19-9-4-7-18-8-10-19/h2-3,5-6,14,18H,4,7-13H2,1H3. The summed E-state index contributed by atoms with van der Waals surface area (Å²) in [5.41, 5.74) is 2.43. The van der Waals surface area contributed by atoms with E-state index in [0.717, 1.165) is 51.3 Å². The van der Waals surface area contributed by atoms with Crippen molar-refractivity contribution in [2.24, 2.45) is 5.92 Å². The van der Waals surface area contributed by atoms with Gasteiger partial charge in [0.05, 0.1) is 6.54 Å². The minimum absolute atomic E-state index is 0.246. The van der Waals surface area contributed by atoms with Gasteiger partial charge in [0, 0.05) is 25.3 Å². The average Bonchev–Trinajstić information content (AvgIpc) is 2.75. The number of hydrogen-bond acceptors (Lipinski definition) is 3. The van der Waals surface area contributed by atoms with Gasteiger partial charge < -0.3 is 10.2 Å². The molecule has 114 valence electrons. The number of benzene rings is 1. The molecular formula is C17H25N3O. The minimum Gasteiger partial charge on any atom is -0.315 e. The van der Waals surface area contributed by atoms with Crippen molar-refractivity contribution in [1.29, 1.82) is 0 Å². The van der Waals surface area contributed by atoms with Crippen LogP contribution in [0.4, 0.5) is 5.69 Å². The SMILES string of the molecule is CC1Cc2ccccc2N(C(=O)CN2CCCNCC2)C1. The van der Waals surface area contributed by atoms with Gasteiger partial charge in [-0.3, -0.25) is 9.69 Å². The number of para-hydroxylation sites is 1. The van der Waals surface area contributed by atoms with Crippen LogP contribution in [0.1, 0.15) is 18.9 Å². The van der Waals surface area contributed by atoms with Gasteiger partial charge in [0.15, 0.2) is 0 Å². The maximum absolute atomic E-state index is 12.8. The Morgan fingerprint density at radius 3 is 3.05 bits per heavy atom. The number of carbonyl (C=O) groups excluding carboxylic acids is 1. The molecule has 1 aromatic carbocycles. The predicted octanol–water partition coefficient (Wildman–Crippen LogP) is 1.51. The molecule has 0 aliphatic carbocycles. The summed E-state index contributed by atoms with van der Waals surface area (Å²) in [4.78, 5) is 17.0. The second-order valence-electron chi connectivity index (χ2n) is 6.32. The normalized spacial score (nSPS) is 23.5. The quantitative estimate of drug-likeness (QED) is 0.895. The summed E-state index contributed by atoms with van der Waals surface area (Å²) in [5.74, 6) is 0.783. The summed E-state index contributed by atoms with van der Waals surface area (Å²) in [5, 5.41) is 3.39. The van der Waals surface area contributed by atoms with E-state index in [-0.39, 0.29) is 5.91 Å². The van der Waals surface area contributed by atoms with Gasteiger partial charge in [-0.25, -0.2) is 0 Å². The van der Waals surface area contributed by atoms with E-state index >= 15 is 0 Å². The van der Waals surface area contributed by atoms with Gasteiger partial charge in [-0.15, -0.1) is 0 Å². The summed E-state index contributed by atoms with van der Waals surface area (Å²) in [6.07, 6.45) is 2.20. The molecule has 1 amide bonds. The van der Waals surface area contributed by atoms with E-state index in [9.17, 15) is 4.79 Å². The summed E-state index contributed by atoms with van der Waals surface area (Å²) < 4.78 is 0. The third kappa shape index (κ3) is 3.44. The molecule has 1 fully saturated rings. The predicted molar refractivity (Wildman–Crippen MR) is 85.6 cm³/mol. The first kappa shape index (κ1) is 14.5. The lowest BCUT2D eigenvalue weighted by molar-refractivity contribution is -0.119. The van der Waals surface area contributed by atoms with Crippen molar-refractivity contribution in [1.82, 2.24) is 10.2 Å². The summed E-state index contributed by atoms with van der Waals surface area (Å²) in [6.45, 7) is 7.66. The Morgan fingerprint density at radius 1 is 1.29 bits per heavy atom. The number of nitrogens with one attached hydrogen (secondary N) is 1. The first-order valence-corrected chi connectivity index (χ1v) is 8.05. The third-order valence-corrected chi connectivity index (χ3v) is 4.44. The van der Waals surface area contributed by atoms with Gasteiger partial charge in [-0.1, -0.05) is 25.1 Å². The van der Waals surface area contributed by atoms with E-state index in [1.807, 2.05) is 11.0 Å². The van der Waals surface area contributed by atoms with E-state index in [0.29, 0.717) is 12.5 Å². The van der Waals surface area contributed by atoms with E-state index in [4.69, 9.17) is 0 Å². The molecule has 21 heavy (non-hydrogen) atoms. The fourth-order valence-corrected chi connectivity index (χ4v) is 3.37. The van der Waals surface area contributed by atoms with Crippen LogP contribution in [0.5, 0.6) is 0 Å². The molecule has 3 rings (SSSR count). The molecule has 2 aliphatic heterocycles. The van der Waals surface area contributed by atoms with E-state index in [1.54, 1.807) is 0 Å². The Morgan fingerprint density at radius 2 is 2.14 bits per heavy atom. The van der Waals surface area contributed by atoms with Crippen molar-refractivity contribution in [3.8, 4) is 0 Å². The fraction of sp³-hybridized carbons (Fsp3) is 0.588. The van der Waals surface area contributed by atoms with Gasteiger partial charge in [0.2, 0.25) is 5.91 Å². The molecule has 0 radical (unpaired) electrons. The number of amides is 1. The number of anilines is 1. The number of hydrogen-bond donors (Lipinski definition) is 1. The number of fused-ring (bicyclic) bond motifs is 1. The Balaban J connectivity index is 1.72. The van der Waals surface area contributed by atoms with Crippen molar-refractivity contribution in [2.45, 2.75) is 19.8 Å². The van der Waals surface area contributed by atoms with Crippen molar-refractivity contribution in [2.75, 3.05) is 44.2 Å². The molecule has 1 atom stereocenters. The van der Waals surface area contributed by atoms with Gasteiger partial charge >= 0.3 is 0 Å². The van der Waals surface area contributed by atoms with Crippen LogP contribution in [0.3, 0.4) is 0 Å². The second-order valence-corrected chi connectivity index (χ2v) is 6.32. The molecule has 1 unspecified atom stereocenters. The van der Waals surface area contributed by atoms with Crippen LogP contribution in [0.2, 0.25) is 0 Å². The highest BCUT2D eigenvalue weighted by molar-refractivity contribution is 5.96. The van der Waals surface area contributed by atoms with E-state index < -0.39 is 0 Å². The van der Waals surface area contributed by atoms with Crippen molar-refractivity contribution in [3.63, 3.8) is 0 Å². The zero-order chi connectivity index (χ0) is 14.7. The largest absolute Gasteiger partial charge is 0.315 e. The molecule has 2 heterocycles. The van der Waals surface area contributed by atoms with Crippen LogP contribution >= 0.6 is 0 Å². The lowest BCUT2D eigenvalue weighted by Gasteiger charge is -2.34. The molecule has 1 saturated heterocycles. The third-order valence-electron chi connectivity index (χ3n) is 4.44. The summed E-state index contributed by atoms with van der Waals surface area (Å²) >= 11 is 0. The number of rotatable bonds is 2. The average molecular weight is 287 g/mol. The van der Waals surface area contributed by atoms with Gasteiger partial charge in [-0.05, 0) is 43.5 Å². The van der Waals surface area contributed by atoms with Gasteiger partial charge in [0.1, 0.15) is 0 Å². The minimum atomic E-state index is 0.246. The zero-order valence-corrected chi connectivity index (χ0v) is 12.8. The van der Waals surface area contributed by atoms with Crippen LogP contribution < -0.4 is 10.2 Å². The molecule has 1 N–H and O–H groups in total. The monoisotopic (exact) mass is 287 g/mol. The molecule has 4 heteroatoms. The molecule has 0 saturated carbocycles. The zero-order valence-electron chi connectivity index (χ0n) is 12.8. The highest BCUT2D eigenvalue weighted by atomic mass is 16.2. The lowest BCUT2D eigenvalue weighted by atomic mass is 9.94. The molecule has 0 bridgehead atoms. The fourth-order valence-electron chi connectivity index (χ4n) is 3.37. The van der Waals surface area contributed by atoms with Crippen LogP contribution in [0.15, 0.2) is 24.3 Å². The van der Waals surface area contributed by atoms with Crippen molar-refractivity contribution >= 4 is 11.6 Å². The second kappa shape index (κ2) is 6.58.